The van der Waals surface area contributed by atoms with Gasteiger partial charge in [-0.05, 0) is 37.4 Å². The van der Waals surface area contributed by atoms with Crippen molar-refractivity contribution in [1.82, 2.24) is 9.71 Å². The molecule has 1 aromatic heterocycles. The molecule has 0 unspecified atom stereocenters. The van der Waals surface area contributed by atoms with E-state index in [2.05, 4.69) is 19.8 Å². The number of sulfonamides is 1. The SMILES string of the molecule is CNS(=O)(=O)c1cccnc1Nc1cccc(C(=O)OC)c1. The molecule has 2 aromatic rings. The number of ether oxygens (including phenoxy) is 1. The quantitative estimate of drug-likeness (QED) is 0.810. The van der Waals surface area contributed by atoms with E-state index >= 15 is 0 Å². The van der Waals surface area contributed by atoms with Crippen LogP contribution in [-0.4, -0.2) is 33.5 Å². The number of nitrogens with zero attached hydrogens (tertiary/aromatic N) is 1. The number of methoxy groups -OCH3 is 1. The van der Waals surface area contributed by atoms with Gasteiger partial charge in [0, 0.05) is 11.9 Å². The van der Waals surface area contributed by atoms with E-state index in [1.807, 2.05) is 0 Å². The number of hydrogen-bond acceptors (Lipinski definition) is 6. The Bertz CT molecular complexity index is 790. The number of aromatic nitrogens is 1. The van der Waals surface area contributed by atoms with Gasteiger partial charge in [-0.3, -0.25) is 0 Å². The number of rotatable bonds is 5. The lowest BCUT2D eigenvalue weighted by Crippen LogP contribution is -2.20. The molecule has 0 fully saturated rings. The van der Waals surface area contributed by atoms with Crippen molar-refractivity contribution in [2.24, 2.45) is 0 Å². The molecule has 0 amide bonds. The first-order valence-electron chi connectivity index (χ1n) is 6.32. The Balaban J connectivity index is 2.38. The van der Waals surface area contributed by atoms with Crippen LogP contribution in [0.3, 0.4) is 0 Å². The van der Waals surface area contributed by atoms with Gasteiger partial charge in [-0.25, -0.2) is 22.9 Å². The molecule has 0 saturated heterocycles. The van der Waals surface area contributed by atoms with Gasteiger partial charge in [0.1, 0.15) is 4.90 Å². The fourth-order valence-electron chi connectivity index (χ4n) is 1.79. The molecular weight excluding hydrogens is 306 g/mol. The minimum Gasteiger partial charge on any atom is -0.465 e. The summed E-state index contributed by atoms with van der Waals surface area (Å²) in [5.41, 5.74) is 0.871. The summed E-state index contributed by atoms with van der Waals surface area (Å²) in [6.07, 6.45) is 1.47. The molecule has 2 rings (SSSR count). The van der Waals surface area contributed by atoms with Crippen LogP contribution >= 0.6 is 0 Å². The normalized spacial score (nSPS) is 11.0. The zero-order valence-electron chi connectivity index (χ0n) is 12.0. The van der Waals surface area contributed by atoms with Gasteiger partial charge >= 0.3 is 5.97 Å². The van der Waals surface area contributed by atoms with Crippen LogP contribution in [0.25, 0.3) is 0 Å². The second kappa shape index (κ2) is 6.54. The molecule has 1 aromatic carbocycles. The van der Waals surface area contributed by atoms with Crippen molar-refractivity contribution >= 4 is 27.5 Å². The van der Waals surface area contributed by atoms with Gasteiger partial charge < -0.3 is 10.1 Å². The fourth-order valence-corrected chi connectivity index (χ4v) is 2.63. The number of anilines is 2. The van der Waals surface area contributed by atoms with Gasteiger partial charge in [-0.15, -0.1) is 0 Å². The second-order valence-corrected chi connectivity index (χ2v) is 6.11. The first-order valence-corrected chi connectivity index (χ1v) is 7.80. The number of carbonyl (C=O) groups excluding carboxylic acids is 1. The molecule has 2 N–H and O–H groups in total. The highest BCUT2D eigenvalue weighted by atomic mass is 32.2. The maximum absolute atomic E-state index is 12.0. The minimum atomic E-state index is -3.65. The second-order valence-electron chi connectivity index (χ2n) is 4.26. The predicted molar refractivity (Wildman–Crippen MR) is 81.5 cm³/mol. The summed E-state index contributed by atoms with van der Waals surface area (Å²) >= 11 is 0. The molecule has 8 heteroatoms. The van der Waals surface area contributed by atoms with Crippen LogP contribution in [0.1, 0.15) is 10.4 Å². The molecule has 7 nitrogen and oxygen atoms in total. The Labute approximate surface area is 128 Å². The van der Waals surface area contributed by atoms with Crippen LogP contribution in [0.2, 0.25) is 0 Å². The molecule has 0 spiro atoms. The zero-order chi connectivity index (χ0) is 16.2. The molecular formula is C14H15N3O4S. The highest BCUT2D eigenvalue weighted by Crippen LogP contribution is 2.22. The molecule has 0 atom stereocenters. The van der Waals surface area contributed by atoms with E-state index in [0.717, 1.165) is 0 Å². The molecule has 116 valence electrons. The largest absolute Gasteiger partial charge is 0.465 e. The standard InChI is InChI=1S/C14H15N3O4S/c1-15-22(19,20)12-7-4-8-16-13(12)17-11-6-3-5-10(9-11)14(18)21-2/h3-9,15H,1-2H3,(H,16,17). The van der Waals surface area contributed by atoms with Crippen molar-refractivity contribution in [1.29, 1.82) is 0 Å². The molecule has 0 aliphatic rings. The summed E-state index contributed by atoms with van der Waals surface area (Å²) in [5.74, 6) is -0.313. The highest BCUT2D eigenvalue weighted by molar-refractivity contribution is 7.89. The zero-order valence-corrected chi connectivity index (χ0v) is 12.8. The van der Waals surface area contributed by atoms with E-state index in [9.17, 15) is 13.2 Å². The summed E-state index contributed by atoms with van der Waals surface area (Å²) in [7, 11) is -1.03. The van der Waals surface area contributed by atoms with E-state index in [4.69, 9.17) is 0 Å². The van der Waals surface area contributed by atoms with Crippen LogP contribution in [0.15, 0.2) is 47.5 Å². The third-order valence-corrected chi connectivity index (χ3v) is 4.32. The summed E-state index contributed by atoms with van der Waals surface area (Å²) in [6.45, 7) is 0. The third-order valence-electron chi connectivity index (χ3n) is 2.88. The van der Waals surface area contributed by atoms with Crippen molar-refractivity contribution in [2.45, 2.75) is 4.90 Å². The van der Waals surface area contributed by atoms with E-state index in [1.165, 1.54) is 32.5 Å². The Morgan fingerprint density at radius 2 is 2.00 bits per heavy atom. The Morgan fingerprint density at radius 3 is 2.68 bits per heavy atom. The molecule has 0 aliphatic carbocycles. The van der Waals surface area contributed by atoms with Gasteiger partial charge in [0.05, 0.1) is 12.7 Å². The Hall–Kier alpha value is -2.45. The Morgan fingerprint density at radius 1 is 1.23 bits per heavy atom. The van der Waals surface area contributed by atoms with Crippen molar-refractivity contribution < 1.29 is 17.9 Å². The van der Waals surface area contributed by atoms with E-state index in [1.54, 1.807) is 24.3 Å². The first-order chi connectivity index (χ1) is 10.5. The maximum atomic E-state index is 12.0. The lowest BCUT2D eigenvalue weighted by Gasteiger charge is -2.11. The average Bonchev–Trinajstić information content (AvgIpc) is 2.54. The number of carbonyl (C=O) groups is 1. The molecule has 22 heavy (non-hydrogen) atoms. The third kappa shape index (κ3) is 3.41. The van der Waals surface area contributed by atoms with E-state index < -0.39 is 16.0 Å². The summed E-state index contributed by atoms with van der Waals surface area (Å²) < 4.78 is 30.8. The molecule has 0 radical (unpaired) electrons. The number of hydrogen-bond donors (Lipinski definition) is 2. The molecule has 0 aliphatic heterocycles. The summed E-state index contributed by atoms with van der Waals surface area (Å²) in [4.78, 5) is 15.6. The minimum absolute atomic E-state index is 0.0148. The molecule has 0 bridgehead atoms. The van der Waals surface area contributed by atoms with Crippen LogP contribution < -0.4 is 10.0 Å². The van der Waals surface area contributed by atoms with Crippen LogP contribution in [-0.2, 0) is 14.8 Å². The first kappa shape index (κ1) is 15.9. The van der Waals surface area contributed by atoms with Crippen molar-refractivity contribution in [3.8, 4) is 0 Å². The summed E-state index contributed by atoms with van der Waals surface area (Å²) in [6, 6.07) is 9.46. The molecule has 1 heterocycles. The lowest BCUT2D eigenvalue weighted by molar-refractivity contribution is 0.0601. The number of pyridine rings is 1. The summed E-state index contributed by atoms with van der Waals surface area (Å²) in [5, 5.41) is 2.89. The van der Waals surface area contributed by atoms with Crippen molar-refractivity contribution in [3.63, 3.8) is 0 Å². The van der Waals surface area contributed by atoms with Gasteiger partial charge in [0.15, 0.2) is 5.82 Å². The fraction of sp³-hybridized carbons (Fsp3) is 0.143. The maximum Gasteiger partial charge on any atom is 0.337 e. The average molecular weight is 321 g/mol. The monoisotopic (exact) mass is 321 g/mol. The Kier molecular flexibility index (Phi) is 4.74. The highest BCUT2D eigenvalue weighted by Gasteiger charge is 2.17. The van der Waals surface area contributed by atoms with Crippen LogP contribution in [0.5, 0.6) is 0 Å². The van der Waals surface area contributed by atoms with Gasteiger partial charge in [-0.2, -0.15) is 0 Å². The smallest absolute Gasteiger partial charge is 0.337 e. The van der Waals surface area contributed by atoms with Crippen LogP contribution in [0.4, 0.5) is 11.5 Å². The van der Waals surface area contributed by atoms with Crippen LogP contribution in [0, 0.1) is 0 Å². The number of nitrogens with one attached hydrogen (secondary N) is 2. The number of esters is 1. The molecule has 0 saturated carbocycles. The predicted octanol–water partition coefficient (Wildman–Crippen LogP) is 1.52. The van der Waals surface area contributed by atoms with Gasteiger partial charge in [0.25, 0.3) is 0 Å². The van der Waals surface area contributed by atoms with E-state index in [0.29, 0.717) is 11.3 Å². The van der Waals surface area contributed by atoms with Crippen molar-refractivity contribution in [3.05, 3.63) is 48.2 Å². The van der Waals surface area contributed by atoms with Gasteiger partial charge in [0.2, 0.25) is 10.0 Å². The van der Waals surface area contributed by atoms with Crippen molar-refractivity contribution in [2.75, 3.05) is 19.5 Å². The van der Waals surface area contributed by atoms with Gasteiger partial charge in [-0.1, -0.05) is 6.07 Å². The number of benzene rings is 1. The lowest BCUT2D eigenvalue weighted by atomic mass is 10.2. The topological polar surface area (TPSA) is 97.4 Å². The van der Waals surface area contributed by atoms with E-state index in [-0.39, 0.29) is 10.7 Å².